The Bertz CT molecular complexity index is 506. The summed E-state index contributed by atoms with van der Waals surface area (Å²) in [7, 11) is -0.220. The third-order valence-corrected chi connectivity index (χ3v) is 5.53. The van der Waals surface area contributed by atoms with Gasteiger partial charge in [0.2, 0.25) is 0 Å². The number of sulfone groups is 1. The molecule has 0 unspecified atom stereocenters. The fourth-order valence-corrected chi connectivity index (χ4v) is 3.01. The SMILES string of the molecule is CNC(C)(C)S(=O)(=O)c1ccc(OC)cc1C. The van der Waals surface area contributed by atoms with Crippen LogP contribution in [0.25, 0.3) is 0 Å². The molecular formula is C12H19NO3S. The van der Waals surface area contributed by atoms with Crippen LogP contribution in [0.4, 0.5) is 0 Å². The number of rotatable bonds is 4. The van der Waals surface area contributed by atoms with E-state index in [1.807, 2.05) is 0 Å². The van der Waals surface area contributed by atoms with Gasteiger partial charge in [-0.1, -0.05) is 0 Å². The molecule has 0 amide bonds. The first-order chi connectivity index (χ1) is 7.76. The lowest BCUT2D eigenvalue weighted by Crippen LogP contribution is -2.44. The summed E-state index contributed by atoms with van der Waals surface area (Å²) in [6.45, 7) is 5.05. The van der Waals surface area contributed by atoms with Crippen LogP contribution >= 0.6 is 0 Å². The van der Waals surface area contributed by atoms with E-state index in [0.29, 0.717) is 16.2 Å². The maximum absolute atomic E-state index is 12.4. The summed E-state index contributed by atoms with van der Waals surface area (Å²) in [5, 5.41) is 2.82. The first-order valence-electron chi connectivity index (χ1n) is 5.34. The van der Waals surface area contributed by atoms with E-state index >= 15 is 0 Å². The van der Waals surface area contributed by atoms with Crippen molar-refractivity contribution in [2.45, 2.75) is 30.5 Å². The molecule has 0 atom stereocenters. The van der Waals surface area contributed by atoms with Gasteiger partial charge in [-0.25, -0.2) is 8.42 Å². The Kier molecular flexibility index (Phi) is 3.84. The van der Waals surface area contributed by atoms with Crippen LogP contribution in [0.15, 0.2) is 23.1 Å². The van der Waals surface area contributed by atoms with Gasteiger partial charge in [0.05, 0.1) is 12.0 Å². The van der Waals surface area contributed by atoms with Gasteiger partial charge in [-0.2, -0.15) is 0 Å². The third-order valence-electron chi connectivity index (χ3n) is 2.95. The van der Waals surface area contributed by atoms with Crippen molar-refractivity contribution in [1.82, 2.24) is 5.32 Å². The maximum atomic E-state index is 12.4. The molecule has 17 heavy (non-hydrogen) atoms. The summed E-state index contributed by atoms with van der Waals surface area (Å²) in [4.78, 5) is -0.663. The van der Waals surface area contributed by atoms with Gasteiger partial charge in [0, 0.05) is 0 Å². The van der Waals surface area contributed by atoms with Crippen molar-refractivity contribution in [2.24, 2.45) is 0 Å². The molecular weight excluding hydrogens is 238 g/mol. The van der Waals surface area contributed by atoms with E-state index in [9.17, 15) is 8.42 Å². The minimum Gasteiger partial charge on any atom is -0.497 e. The summed E-state index contributed by atoms with van der Waals surface area (Å²) < 4.78 is 29.9. The second kappa shape index (κ2) is 4.66. The molecule has 0 aromatic heterocycles. The molecule has 1 aromatic rings. The van der Waals surface area contributed by atoms with E-state index < -0.39 is 14.7 Å². The molecule has 0 fully saturated rings. The van der Waals surface area contributed by atoms with Gasteiger partial charge < -0.3 is 10.1 Å². The van der Waals surface area contributed by atoms with Crippen LogP contribution in [-0.2, 0) is 9.84 Å². The number of ether oxygens (including phenoxy) is 1. The highest BCUT2D eigenvalue weighted by Gasteiger charge is 2.35. The van der Waals surface area contributed by atoms with E-state index in [1.54, 1.807) is 53.1 Å². The number of benzene rings is 1. The molecule has 5 heteroatoms. The van der Waals surface area contributed by atoms with Gasteiger partial charge in [-0.15, -0.1) is 0 Å². The molecule has 0 heterocycles. The Morgan fingerprint density at radius 1 is 1.29 bits per heavy atom. The summed E-state index contributed by atoms with van der Waals surface area (Å²) in [6.07, 6.45) is 0. The van der Waals surface area contributed by atoms with Gasteiger partial charge in [-0.3, -0.25) is 0 Å². The summed E-state index contributed by atoms with van der Waals surface area (Å²) in [5.41, 5.74) is 0.688. The number of methoxy groups -OCH3 is 1. The van der Waals surface area contributed by atoms with Crippen LogP contribution in [0.2, 0.25) is 0 Å². The van der Waals surface area contributed by atoms with E-state index in [0.717, 1.165) is 0 Å². The fourth-order valence-electron chi connectivity index (χ4n) is 1.46. The number of hydrogen-bond acceptors (Lipinski definition) is 4. The van der Waals surface area contributed by atoms with E-state index in [4.69, 9.17) is 4.74 Å². The quantitative estimate of drug-likeness (QED) is 0.892. The Morgan fingerprint density at radius 3 is 2.29 bits per heavy atom. The molecule has 0 aliphatic rings. The van der Waals surface area contributed by atoms with E-state index in [2.05, 4.69) is 5.32 Å². The minimum absolute atomic E-state index is 0.331. The average Bonchev–Trinajstić information content (AvgIpc) is 2.28. The predicted octanol–water partition coefficient (Wildman–Crippen LogP) is 1.73. The molecule has 0 radical (unpaired) electrons. The topological polar surface area (TPSA) is 55.4 Å². The fraction of sp³-hybridized carbons (Fsp3) is 0.500. The van der Waals surface area contributed by atoms with Crippen molar-refractivity contribution in [3.05, 3.63) is 23.8 Å². The molecule has 1 N–H and O–H groups in total. The second-order valence-electron chi connectivity index (χ2n) is 4.40. The lowest BCUT2D eigenvalue weighted by atomic mass is 10.2. The predicted molar refractivity (Wildman–Crippen MR) is 68.1 cm³/mol. The Morgan fingerprint density at radius 2 is 1.88 bits per heavy atom. The molecule has 0 bridgehead atoms. The number of hydrogen-bond donors (Lipinski definition) is 1. The van der Waals surface area contributed by atoms with Crippen LogP contribution in [0, 0.1) is 6.92 Å². The van der Waals surface area contributed by atoms with Crippen molar-refractivity contribution < 1.29 is 13.2 Å². The third kappa shape index (κ3) is 2.45. The highest BCUT2D eigenvalue weighted by molar-refractivity contribution is 7.92. The van der Waals surface area contributed by atoms with Crippen LogP contribution in [0.5, 0.6) is 5.75 Å². The Hall–Kier alpha value is -1.07. The lowest BCUT2D eigenvalue weighted by molar-refractivity contribution is 0.414. The smallest absolute Gasteiger partial charge is 0.196 e. The normalized spacial score (nSPS) is 12.5. The second-order valence-corrected chi connectivity index (χ2v) is 6.86. The van der Waals surface area contributed by atoms with Crippen molar-refractivity contribution in [2.75, 3.05) is 14.2 Å². The molecule has 0 aliphatic heterocycles. The zero-order valence-corrected chi connectivity index (χ0v) is 11.7. The van der Waals surface area contributed by atoms with Crippen molar-refractivity contribution in [3.8, 4) is 5.75 Å². The van der Waals surface area contributed by atoms with Gasteiger partial charge >= 0.3 is 0 Å². The van der Waals surface area contributed by atoms with Crippen LogP contribution in [-0.4, -0.2) is 27.4 Å². The van der Waals surface area contributed by atoms with Gasteiger partial charge in [0.25, 0.3) is 0 Å². The van der Waals surface area contributed by atoms with Crippen molar-refractivity contribution >= 4 is 9.84 Å². The van der Waals surface area contributed by atoms with Gasteiger partial charge in [0.1, 0.15) is 10.6 Å². The molecule has 0 saturated carbocycles. The molecule has 96 valence electrons. The zero-order valence-electron chi connectivity index (χ0n) is 10.9. The van der Waals surface area contributed by atoms with E-state index in [-0.39, 0.29) is 0 Å². The number of aryl methyl sites for hydroxylation is 1. The first-order valence-corrected chi connectivity index (χ1v) is 6.83. The molecule has 0 spiro atoms. The van der Waals surface area contributed by atoms with Crippen molar-refractivity contribution in [1.29, 1.82) is 0 Å². The van der Waals surface area contributed by atoms with Crippen LogP contribution in [0.1, 0.15) is 19.4 Å². The maximum Gasteiger partial charge on any atom is 0.196 e. The summed E-state index contributed by atoms with van der Waals surface area (Å²) in [5.74, 6) is 0.656. The summed E-state index contributed by atoms with van der Waals surface area (Å²) >= 11 is 0. The monoisotopic (exact) mass is 257 g/mol. The molecule has 1 aromatic carbocycles. The van der Waals surface area contributed by atoms with Crippen LogP contribution < -0.4 is 10.1 Å². The average molecular weight is 257 g/mol. The Labute approximate surface area is 103 Å². The number of nitrogens with one attached hydrogen (secondary N) is 1. The highest BCUT2D eigenvalue weighted by atomic mass is 32.2. The molecule has 0 aliphatic carbocycles. The van der Waals surface area contributed by atoms with Crippen molar-refractivity contribution in [3.63, 3.8) is 0 Å². The van der Waals surface area contributed by atoms with Gasteiger partial charge in [0.15, 0.2) is 9.84 Å². The molecule has 0 saturated heterocycles. The highest BCUT2D eigenvalue weighted by Crippen LogP contribution is 2.27. The zero-order chi connectivity index (χ0) is 13.3. The lowest BCUT2D eigenvalue weighted by Gasteiger charge is -2.25. The minimum atomic E-state index is -3.41. The first kappa shape index (κ1) is 14.0. The molecule has 4 nitrogen and oxygen atoms in total. The molecule has 1 rings (SSSR count). The van der Waals surface area contributed by atoms with Crippen LogP contribution in [0.3, 0.4) is 0 Å². The summed E-state index contributed by atoms with van der Waals surface area (Å²) in [6, 6.07) is 4.97. The standard InChI is InChI=1S/C12H19NO3S/c1-9-8-10(16-5)6-7-11(9)17(14,15)12(2,3)13-4/h6-8,13H,1-5H3. The van der Waals surface area contributed by atoms with Gasteiger partial charge in [-0.05, 0) is 51.6 Å². The largest absolute Gasteiger partial charge is 0.497 e. The Balaban J connectivity index is 3.35. The van der Waals surface area contributed by atoms with E-state index in [1.165, 1.54) is 0 Å².